The van der Waals surface area contributed by atoms with Crippen LogP contribution in [0.1, 0.15) is 12.5 Å². The average molecular weight is 441 g/mol. The first kappa shape index (κ1) is 21.5. The molecular weight excluding hydrogens is 412 g/mol. The van der Waals surface area contributed by atoms with E-state index in [-0.39, 0.29) is 12.6 Å². The number of carbonyl (C=O) groups is 2. The molecule has 4 rings (SSSR count). The zero-order chi connectivity index (χ0) is 21.6. The largest absolute Gasteiger partial charge is 0.465 e. The zero-order valence-electron chi connectivity index (χ0n) is 17.8. The molecule has 1 fully saturated rings. The summed E-state index contributed by atoms with van der Waals surface area (Å²) in [4.78, 5) is 29.2. The Morgan fingerprint density at radius 2 is 1.81 bits per heavy atom. The average Bonchev–Trinajstić information content (AvgIpc) is 3.22. The first-order valence-corrected chi connectivity index (χ1v) is 11.5. The van der Waals surface area contributed by atoms with E-state index in [1.807, 2.05) is 6.07 Å². The first-order valence-electron chi connectivity index (χ1n) is 10.7. The Hall–Kier alpha value is -2.71. The molecule has 2 aliphatic heterocycles. The molecule has 0 spiro atoms. The molecule has 2 aromatic rings. The number of hydrogen-bond donors (Lipinski definition) is 1. The number of anilines is 2. The fraction of sp³-hybridized carbons (Fsp3) is 0.391. The lowest BCUT2D eigenvalue weighted by atomic mass is 10.2. The molecule has 0 aromatic heterocycles. The number of carbonyl (C=O) groups excluding carboxylic acids is 2. The number of esters is 1. The number of urea groups is 1. The Morgan fingerprint density at radius 1 is 1.03 bits per heavy atom. The molecule has 31 heavy (non-hydrogen) atoms. The second-order valence-electron chi connectivity index (χ2n) is 7.50. The van der Waals surface area contributed by atoms with Crippen molar-refractivity contribution in [2.45, 2.75) is 18.2 Å². The number of piperazine rings is 1. The standard InChI is InChI=1S/C23H28N4O3S/c1-2-30-22(28)17-24-23(29)27-11-10-18-16-20(8-9-21(18)27)31-26-14-12-25(13-15-26)19-6-4-3-5-7-19/h3-9,16H,2,10-15,17H2,1H3,(H,24,29). The van der Waals surface area contributed by atoms with Gasteiger partial charge in [0.05, 0.1) is 6.61 Å². The normalized spacial score (nSPS) is 16.2. The Kier molecular flexibility index (Phi) is 6.99. The van der Waals surface area contributed by atoms with Crippen LogP contribution in [0, 0.1) is 0 Å². The molecular formula is C23H28N4O3S. The molecule has 2 amide bonds. The fourth-order valence-corrected chi connectivity index (χ4v) is 4.89. The summed E-state index contributed by atoms with van der Waals surface area (Å²) < 4.78 is 7.26. The predicted molar refractivity (Wildman–Crippen MR) is 124 cm³/mol. The van der Waals surface area contributed by atoms with Crippen LogP contribution in [0.2, 0.25) is 0 Å². The van der Waals surface area contributed by atoms with E-state index < -0.39 is 5.97 Å². The summed E-state index contributed by atoms with van der Waals surface area (Å²) in [7, 11) is 0. The lowest BCUT2D eigenvalue weighted by Gasteiger charge is -2.35. The molecule has 2 heterocycles. The van der Waals surface area contributed by atoms with E-state index in [1.165, 1.54) is 16.1 Å². The van der Waals surface area contributed by atoms with E-state index in [2.05, 4.69) is 57.0 Å². The molecule has 2 aromatic carbocycles. The summed E-state index contributed by atoms with van der Waals surface area (Å²) in [6, 6.07) is 16.6. The van der Waals surface area contributed by atoms with Crippen molar-refractivity contribution in [3.05, 3.63) is 54.1 Å². The van der Waals surface area contributed by atoms with E-state index in [0.29, 0.717) is 13.2 Å². The van der Waals surface area contributed by atoms with Gasteiger partial charge in [0, 0.05) is 49.0 Å². The van der Waals surface area contributed by atoms with Gasteiger partial charge in [0.2, 0.25) is 0 Å². The Labute approximate surface area is 187 Å². The maximum atomic E-state index is 12.5. The van der Waals surface area contributed by atoms with E-state index in [4.69, 9.17) is 4.74 Å². The number of rotatable bonds is 6. The van der Waals surface area contributed by atoms with E-state index in [1.54, 1.807) is 23.8 Å². The molecule has 1 N–H and O–H groups in total. The van der Waals surface area contributed by atoms with Crippen molar-refractivity contribution in [2.75, 3.05) is 55.7 Å². The van der Waals surface area contributed by atoms with Crippen LogP contribution in [0.25, 0.3) is 0 Å². The number of hydrogen-bond acceptors (Lipinski definition) is 6. The van der Waals surface area contributed by atoms with Gasteiger partial charge in [0.15, 0.2) is 0 Å². The minimum absolute atomic E-state index is 0.110. The molecule has 8 heteroatoms. The van der Waals surface area contributed by atoms with E-state index >= 15 is 0 Å². The highest BCUT2D eigenvalue weighted by atomic mass is 32.2. The number of para-hydroxylation sites is 1. The molecule has 1 saturated heterocycles. The lowest BCUT2D eigenvalue weighted by Crippen LogP contribution is -2.43. The number of ether oxygens (including phenoxy) is 1. The Balaban J connectivity index is 1.30. The summed E-state index contributed by atoms with van der Waals surface area (Å²) in [5.41, 5.74) is 3.37. The van der Waals surface area contributed by atoms with Crippen molar-refractivity contribution < 1.29 is 14.3 Å². The summed E-state index contributed by atoms with van der Waals surface area (Å²) in [5.74, 6) is -0.422. The molecule has 0 aliphatic carbocycles. The van der Waals surface area contributed by atoms with Crippen molar-refractivity contribution in [3.8, 4) is 0 Å². The van der Waals surface area contributed by atoms with Crippen molar-refractivity contribution >= 4 is 35.3 Å². The van der Waals surface area contributed by atoms with Crippen LogP contribution in [-0.4, -0.2) is 62.2 Å². The molecule has 164 valence electrons. The van der Waals surface area contributed by atoms with Gasteiger partial charge in [-0.1, -0.05) is 18.2 Å². The van der Waals surface area contributed by atoms with Gasteiger partial charge in [-0.15, -0.1) is 0 Å². The Bertz CT molecular complexity index is 916. The van der Waals surface area contributed by atoms with Gasteiger partial charge in [0.1, 0.15) is 6.54 Å². The highest BCUT2D eigenvalue weighted by molar-refractivity contribution is 7.97. The number of benzene rings is 2. The van der Waals surface area contributed by atoms with Crippen LogP contribution in [0.3, 0.4) is 0 Å². The maximum absolute atomic E-state index is 12.5. The van der Waals surface area contributed by atoms with Crippen molar-refractivity contribution in [3.63, 3.8) is 0 Å². The fourth-order valence-electron chi connectivity index (χ4n) is 3.93. The molecule has 0 bridgehead atoms. The number of fused-ring (bicyclic) bond motifs is 1. The van der Waals surface area contributed by atoms with Gasteiger partial charge in [-0.3, -0.25) is 9.69 Å². The van der Waals surface area contributed by atoms with Gasteiger partial charge in [-0.25, -0.2) is 9.10 Å². The lowest BCUT2D eigenvalue weighted by molar-refractivity contribution is -0.141. The highest BCUT2D eigenvalue weighted by Crippen LogP contribution is 2.33. The smallest absolute Gasteiger partial charge is 0.325 e. The van der Waals surface area contributed by atoms with Crippen LogP contribution >= 0.6 is 11.9 Å². The maximum Gasteiger partial charge on any atom is 0.325 e. The molecule has 0 radical (unpaired) electrons. The highest BCUT2D eigenvalue weighted by Gasteiger charge is 2.26. The van der Waals surface area contributed by atoms with Crippen LogP contribution in [0.15, 0.2) is 53.4 Å². The second-order valence-corrected chi connectivity index (χ2v) is 8.67. The zero-order valence-corrected chi connectivity index (χ0v) is 18.6. The third kappa shape index (κ3) is 5.32. The Morgan fingerprint density at radius 3 is 2.55 bits per heavy atom. The van der Waals surface area contributed by atoms with Gasteiger partial charge in [-0.2, -0.15) is 0 Å². The molecule has 0 atom stereocenters. The molecule has 7 nitrogen and oxygen atoms in total. The van der Waals surface area contributed by atoms with Crippen molar-refractivity contribution in [1.82, 2.24) is 9.62 Å². The number of nitrogens with zero attached hydrogens (tertiary/aromatic N) is 3. The molecule has 2 aliphatic rings. The third-order valence-corrected chi connectivity index (χ3v) is 6.56. The van der Waals surface area contributed by atoms with Gasteiger partial charge in [-0.05, 0) is 61.2 Å². The summed E-state index contributed by atoms with van der Waals surface area (Å²) in [5, 5.41) is 2.64. The van der Waals surface area contributed by atoms with Crippen LogP contribution in [0.4, 0.5) is 16.2 Å². The quantitative estimate of drug-likeness (QED) is 0.550. The van der Waals surface area contributed by atoms with E-state index in [0.717, 1.165) is 38.3 Å². The van der Waals surface area contributed by atoms with Gasteiger partial charge in [0.25, 0.3) is 0 Å². The van der Waals surface area contributed by atoms with Crippen molar-refractivity contribution in [1.29, 1.82) is 0 Å². The minimum Gasteiger partial charge on any atom is -0.465 e. The number of amides is 2. The van der Waals surface area contributed by atoms with Crippen LogP contribution < -0.4 is 15.1 Å². The van der Waals surface area contributed by atoms with Crippen LogP contribution in [0.5, 0.6) is 0 Å². The topological polar surface area (TPSA) is 65.1 Å². The SMILES string of the molecule is CCOC(=O)CNC(=O)N1CCc2cc(SN3CCN(c4ccccc4)CC3)ccc21. The molecule has 0 saturated carbocycles. The minimum atomic E-state index is -0.422. The monoisotopic (exact) mass is 440 g/mol. The summed E-state index contributed by atoms with van der Waals surface area (Å²) in [6.45, 7) is 6.58. The van der Waals surface area contributed by atoms with Gasteiger partial charge >= 0.3 is 12.0 Å². The predicted octanol–water partition coefficient (Wildman–Crippen LogP) is 3.15. The first-order chi connectivity index (χ1) is 15.1. The third-order valence-electron chi connectivity index (χ3n) is 5.48. The summed E-state index contributed by atoms with van der Waals surface area (Å²) in [6.07, 6.45) is 0.818. The molecule has 0 unspecified atom stereocenters. The second kappa shape index (κ2) is 10.1. The summed E-state index contributed by atoms with van der Waals surface area (Å²) >= 11 is 1.78. The van der Waals surface area contributed by atoms with E-state index in [9.17, 15) is 9.59 Å². The van der Waals surface area contributed by atoms with Gasteiger partial charge < -0.3 is 15.0 Å². The number of nitrogens with one attached hydrogen (secondary N) is 1. The van der Waals surface area contributed by atoms with Crippen LogP contribution in [-0.2, 0) is 16.0 Å². The van der Waals surface area contributed by atoms with Crippen molar-refractivity contribution in [2.24, 2.45) is 0 Å².